The Morgan fingerprint density at radius 1 is 0.952 bits per heavy atom. The van der Waals surface area contributed by atoms with Gasteiger partial charge in [0.2, 0.25) is 0 Å². The molecule has 0 atom stereocenters. The van der Waals surface area contributed by atoms with Crippen molar-refractivity contribution in [2.24, 2.45) is 0 Å². The SMILES string of the molecule is O=C(c1cccc2ccncc12)c1cnn2ccccc12. The summed E-state index contributed by atoms with van der Waals surface area (Å²) in [6.07, 6.45) is 6.91. The highest BCUT2D eigenvalue weighted by Gasteiger charge is 2.16. The van der Waals surface area contributed by atoms with E-state index in [4.69, 9.17) is 0 Å². The van der Waals surface area contributed by atoms with Gasteiger partial charge in [-0.2, -0.15) is 5.10 Å². The van der Waals surface area contributed by atoms with Crippen LogP contribution in [-0.2, 0) is 0 Å². The minimum absolute atomic E-state index is 0.0326. The molecule has 3 heterocycles. The van der Waals surface area contributed by atoms with E-state index in [2.05, 4.69) is 10.1 Å². The molecule has 4 rings (SSSR count). The van der Waals surface area contributed by atoms with Crippen LogP contribution in [0.4, 0.5) is 0 Å². The number of ketones is 1. The first-order chi connectivity index (χ1) is 10.3. The molecule has 4 nitrogen and oxygen atoms in total. The molecule has 1 aromatic carbocycles. The lowest BCUT2D eigenvalue weighted by Crippen LogP contribution is -2.02. The maximum atomic E-state index is 12.9. The first kappa shape index (κ1) is 11.8. The fraction of sp³-hybridized carbons (Fsp3) is 0. The minimum atomic E-state index is -0.0326. The van der Waals surface area contributed by atoms with Crippen molar-refractivity contribution in [1.29, 1.82) is 0 Å². The monoisotopic (exact) mass is 273 g/mol. The molecule has 0 aliphatic rings. The zero-order chi connectivity index (χ0) is 14.2. The highest BCUT2D eigenvalue weighted by atomic mass is 16.1. The number of fused-ring (bicyclic) bond motifs is 2. The Kier molecular flexibility index (Phi) is 2.54. The lowest BCUT2D eigenvalue weighted by Gasteiger charge is -2.04. The van der Waals surface area contributed by atoms with E-state index in [9.17, 15) is 4.79 Å². The van der Waals surface area contributed by atoms with Gasteiger partial charge in [0.05, 0.1) is 17.3 Å². The van der Waals surface area contributed by atoms with Crippen molar-refractivity contribution < 1.29 is 4.79 Å². The molecule has 0 saturated heterocycles. The number of carbonyl (C=O) groups is 1. The quantitative estimate of drug-likeness (QED) is 0.527. The van der Waals surface area contributed by atoms with Gasteiger partial charge in [-0.3, -0.25) is 9.78 Å². The molecule has 0 aliphatic heterocycles. The number of hydrogen-bond donors (Lipinski definition) is 0. The van der Waals surface area contributed by atoms with Crippen LogP contribution in [0, 0.1) is 0 Å². The smallest absolute Gasteiger partial charge is 0.197 e. The molecule has 0 spiro atoms. The standard InChI is InChI=1S/C17H11N3O/c21-17(15-11-19-20-9-2-1-6-16(15)20)13-5-3-4-12-7-8-18-10-14(12)13/h1-11H. The number of pyridine rings is 2. The number of hydrogen-bond acceptors (Lipinski definition) is 3. The minimum Gasteiger partial charge on any atom is -0.288 e. The molecule has 0 amide bonds. The van der Waals surface area contributed by atoms with Crippen LogP contribution in [0.15, 0.2) is 67.3 Å². The van der Waals surface area contributed by atoms with Crippen LogP contribution in [0.1, 0.15) is 15.9 Å². The van der Waals surface area contributed by atoms with Crippen LogP contribution in [0.2, 0.25) is 0 Å². The Morgan fingerprint density at radius 2 is 1.90 bits per heavy atom. The van der Waals surface area contributed by atoms with Crippen LogP contribution in [0.3, 0.4) is 0 Å². The van der Waals surface area contributed by atoms with E-state index in [0.29, 0.717) is 11.1 Å². The number of rotatable bonds is 2. The van der Waals surface area contributed by atoms with E-state index in [1.807, 2.05) is 48.7 Å². The summed E-state index contributed by atoms with van der Waals surface area (Å²) in [6.45, 7) is 0. The summed E-state index contributed by atoms with van der Waals surface area (Å²) in [7, 11) is 0. The number of aromatic nitrogens is 3. The van der Waals surface area contributed by atoms with E-state index in [1.54, 1.807) is 23.1 Å². The van der Waals surface area contributed by atoms with E-state index in [-0.39, 0.29) is 5.78 Å². The Balaban J connectivity index is 1.95. The molecule has 0 unspecified atom stereocenters. The second kappa shape index (κ2) is 4.52. The van der Waals surface area contributed by atoms with E-state index >= 15 is 0 Å². The van der Waals surface area contributed by atoms with Crippen LogP contribution in [0.5, 0.6) is 0 Å². The summed E-state index contributed by atoms with van der Waals surface area (Å²) < 4.78 is 1.70. The van der Waals surface area contributed by atoms with Crippen molar-refractivity contribution in [2.75, 3.05) is 0 Å². The topological polar surface area (TPSA) is 47.3 Å². The van der Waals surface area contributed by atoms with Crippen LogP contribution in [-0.4, -0.2) is 20.4 Å². The maximum absolute atomic E-state index is 12.9. The molecule has 3 aromatic heterocycles. The number of benzene rings is 1. The summed E-state index contributed by atoms with van der Waals surface area (Å²) in [6, 6.07) is 13.3. The van der Waals surface area contributed by atoms with Gasteiger partial charge in [-0.1, -0.05) is 24.3 Å². The van der Waals surface area contributed by atoms with Gasteiger partial charge < -0.3 is 0 Å². The maximum Gasteiger partial charge on any atom is 0.197 e. The predicted molar refractivity (Wildman–Crippen MR) is 80.4 cm³/mol. The second-order valence-electron chi connectivity index (χ2n) is 4.82. The average molecular weight is 273 g/mol. The molecule has 4 heteroatoms. The first-order valence-corrected chi connectivity index (χ1v) is 6.64. The summed E-state index contributed by atoms with van der Waals surface area (Å²) in [5, 5.41) is 6.09. The third kappa shape index (κ3) is 1.80. The van der Waals surface area contributed by atoms with Gasteiger partial charge in [0, 0.05) is 29.5 Å². The molecule has 0 fully saturated rings. The molecule has 0 aliphatic carbocycles. The van der Waals surface area contributed by atoms with Gasteiger partial charge in [0.15, 0.2) is 5.78 Å². The van der Waals surface area contributed by atoms with Crippen molar-refractivity contribution in [3.05, 3.63) is 78.4 Å². The van der Waals surface area contributed by atoms with Gasteiger partial charge in [-0.25, -0.2) is 4.52 Å². The summed E-state index contributed by atoms with van der Waals surface area (Å²) in [5.41, 5.74) is 2.06. The fourth-order valence-corrected chi connectivity index (χ4v) is 2.57. The molecule has 0 bridgehead atoms. The highest BCUT2D eigenvalue weighted by Crippen LogP contribution is 2.22. The van der Waals surface area contributed by atoms with Crippen LogP contribution < -0.4 is 0 Å². The third-order valence-corrected chi connectivity index (χ3v) is 3.60. The first-order valence-electron chi connectivity index (χ1n) is 6.64. The van der Waals surface area contributed by atoms with E-state index in [0.717, 1.165) is 16.3 Å². The Morgan fingerprint density at radius 3 is 2.86 bits per heavy atom. The van der Waals surface area contributed by atoms with E-state index < -0.39 is 0 Å². The van der Waals surface area contributed by atoms with Crippen molar-refractivity contribution in [3.8, 4) is 0 Å². The normalized spacial score (nSPS) is 11.0. The van der Waals surface area contributed by atoms with Crippen molar-refractivity contribution in [2.45, 2.75) is 0 Å². The lowest BCUT2D eigenvalue weighted by molar-refractivity contribution is 0.104. The Labute approximate surface area is 120 Å². The number of nitrogens with zero attached hydrogens (tertiary/aromatic N) is 3. The largest absolute Gasteiger partial charge is 0.288 e. The van der Waals surface area contributed by atoms with Crippen LogP contribution >= 0.6 is 0 Å². The predicted octanol–water partition coefficient (Wildman–Crippen LogP) is 3.11. The van der Waals surface area contributed by atoms with Gasteiger partial charge in [0.25, 0.3) is 0 Å². The van der Waals surface area contributed by atoms with Crippen molar-refractivity contribution >= 4 is 22.1 Å². The lowest BCUT2D eigenvalue weighted by atomic mass is 9.99. The van der Waals surface area contributed by atoms with E-state index in [1.165, 1.54) is 0 Å². The third-order valence-electron chi connectivity index (χ3n) is 3.60. The second-order valence-corrected chi connectivity index (χ2v) is 4.82. The average Bonchev–Trinajstić information content (AvgIpc) is 2.98. The number of carbonyl (C=O) groups excluding carboxylic acids is 1. The molecule has 0 N–H and O–H groups in total. The van der Waals surface area contributed by atoms with Crippen LogP contribution in [0.25, 0.3) is 16.3 Å². The molecule has 100 valence electrons. The van der Waals surface area contributed by atoms with Gasteiger partial charge in [0.1, 0.15) is 0 Å². The summed E-state index contributed by atoms with van der Waals surface area (Å²) in [5.74, 6) is -0.0326. The zero-order valence-corrected chi connectivity index (χ0v) is 11.1. The van der Waals surface area contributed by atoms with Gasteiger partial charge in [-0.05, 0) is 23.6 Å². The highest BCUT2D eigenvalue weighted by molar-refractivity contribution is 6.18. The molecular weight excluding hydrogens is 262 g/mol. The molecule has 0 saturated carbocycles. The molecule has 4 aromatic rings. The summed E-state index contributed by atoms with van der Waals surface area (Å²) >= 11 is 0. The van der Waals surface area contributed by atoms with Gasteiger partial charge in [-0.15, -0.1) is 0 Å². The Bertz CT molecular complexity index is 967. The van der Waals surface area contributed by atoms with Crippen molar-refractivity contribution in [1.82, 2.24) is 14.6 Å². The molecule has 21 heavy (non-hydrogen) atoms. The molecule has 0 radical (unpaired) electrons. The molecular formula is C17H11N3O. The van der Waals surface area contributed by atoms with Crippen molar-refractivity contribution in [3.63, 3.8) is 0 Å². The van der Waals surface area contributed by atoms with Gasteiger partial charge >= 0.3 is 0 Å². The zero-order valence-electron chi connectivity index (χ0n) is 11.1. The Hall–Kier alpha value is -3.01. The fourth-order valence-electron chi connectivity index (χ4n) is 2.57. The summed E-state index contributed by atoms with van der Waals surface area (Å²) in [4.78, 5) is 17.0.